The maximum absolute atomic E-state index is 11.7. The van der Waals surface area contributed by atoms with E-state index < -0.39 is 0 Å². The molecule has 7 heteroatoms. The number of nitrogens with one attached hydrogen (secondary N) is 2. The molecule has 0 radical (unpaired) electrons. The number of benzene rings is 1. The van der Waals surface area contributed by atoms with Crippen LogP contribution in [0.1, 0.15) is 48.3 Å². The van der Waals surface area contributed by atoms with Gasteiger partial charge in [0, 0.05) is 24.8 Å². The van der Waals surface area contributed by atoms with Gasteiger partial charge in [0.2, 0.25) is 11.8 Å². The van der Waals surface area contributed by atoms with E-state index >= 15 is 0 Å². The summed E-state index contributed by atoms with van der Waals surface area (Å²) in [5, 5.41) is 3.85. The third kappa shape index (κ3) is 5.54. The van der Waals surface area contributed by atoms with Crippen molar-refractivity contribution in [2.75, 3.05) is 0 Å². The van der Waals surface area contributed by atoms with Crippen molar-refractivity contribution in [1.82, 2.24) is 21.0 Å². The van der Waals surface area contributed by atoms with E-state index in [0.29, 0.717) is 30.1 Å². The Kier molecular flexibility index (Phi) is 6.28. The van der Waals surface area contributed by atoms with Crippen LogP contribution in [0.2, 0.25) is 0 Å². The predicted molar refractivity (Wildman–Crippen MR) is 83.3 cm³/mol. The van der Waals surface area contributed by atoms with Crippen LogP contribution in [0, 0.1) is 0 Å². The van der Waals surface area contributed by atoms with E-state index in [0.717, 1.165) is 12.8 Å². The van der Waals surface area contributed by atoms with Crippen LogP contribution in [-0.2, 0) is 17.6 Å². The van der Waals surface area contributed by atoms with Crippen LogP contribution in [0.5, 0.6) is 0 Å². The molecule has 0 aliphatic rings. The molecule has 1 aromatic carbocycles. The van der Waals surface area contributed by atoms with Gasteiger partial charge in [0.05, 0.1) is 0 Å². The molecule has 0 unspecified atom stereocenters. The molecule has 7 nitrogen and oxygen atoms in total. The Morgan fingerprint density at radius 2 is 1.91 bits per heavy atom. The zero-order valence-corrected chi connectivity index (χ0v) is 13.0. The first-order chi connectivity index (χ1) is 11.2. The Balaban J connectivity index is 1.66. The summed E-state index contributed by atoms with van der Waals surface area (Å²) in [7, 11) is 0. The molecule has 0 bridgehead atoms. The maximum Gasteiger partial charge on any atom is 0.269 e. The largest absolute Gasteiger partial charge is 0.339 e. The Hall–Kier alpha value is -2.70. The first-order valence-electron chi connectivity index (χ1n) is 7.64. The number of aryl methyl sites for hydroxylation is 2. The lowest BCUT2D eigenvalue weighted by Gasteiger charge is -2.06. The van der Waals surface area contributed by atoms with Crippen LogP contribution < -0.4 is 10.9 Å². The summed E-state index contributed by atoms with van der Waals surface area (Å²) >= 11 is 0. The Bertz CT molecular complexity index is 640. The first kappa shape index (κ1) is 16.7. The summed E-state index contributed by atoms with van der Waals surface area (Å²) in [6.07, 6.45) is 3.12. The minimum atomic E-state index is -0.347. The summed E-state index contributed by atoms with van der Waals surface area (Å²) in [6.45, 7) is 2.05. The quantitative estimate of drug-likeness (QED) is 0.759. The second-order valence-corrected chi connectivity index (χ2v) is 5.08. The van der Waals surface area contributed by atoms with Crippen molar-refractivity contribution in [2.45, 2.75) is 39.0 Å². The molecule has 0 aliphatic heterocycles. The van der Waals surface area contributed by atoms with E-state index in [4.69, 9.17) is 4.52 Å². The number of amides is 2. The Morgan fingerprint density at radius 3 is 2.65 bits per heavy atom. The molecule has 2 amide bonds. The number of aromatic nitrogens is 2. The number of hydrogen-bond donors (Lipinski definition) is 2. The van der Waals surface area contributed by atoms with Crippen LogP contribution in [0.3, 0.4) is 0 Å². The van der Waals surface area contributed by atoms with E-state index in [-0.39, 0.29) is 18.2 Å². The second kappa shape index (κ2) is 8.67. The second-order valence-electron chi connectivity index (χ2n) is 5.08. The monoisotopic (exact) mass is 316 g/mol. The normalized spacial score (nSPS) is 10.3. The van der Waals surface area contributed by atoms with Gasteiger partial charge < -0.3 is 4.52 Å². The van der Waals surface area contributed by atoms with Crippen molar-refractivity contribution in [3.63, 3.8) is 0 Å². The molecule has 2 rings (SSSR count). The fraction of sp³-hybridized carbons (Fsp3) is 0.375. The smallest absolute Gasteiger partial charge is 0.269 e. The molecular weight excluding hydrogens is 296 g/mol. The van der Waals surface area contributed by atoms with Crippen molar-refractivity contribution in [2.24, 2.45) is 0 Å². The van der Waals surface area contributed by atoms with Crippen molar-refractivity contribution in [1.29, 1.82) is 0 Å². The van der Waals surface area contributed by atoms with Crippen molar-refractivity contribution in [3.8, 4) is 0 Å². The maximum atomic E-state index is 11.7. The summed E-state index contributed by atoms with van der Waals surface area (Å²) in [4.78, 5) is 27.7. The molecule has 0 atom stereocenters. The lowest BCUT2D eigenvalue weighted by Crippen LogP contribution is -2.41. The lowest BCUT2D eigenvalue weighted by atomic mass is 10.2. The minimum absolute atomic E-state index is 0.262. The van der Waals surface area contributed by atoms with Gasteiger partial charge in [-0.3, -0.25) is 20.4 Å². The zero-order chi connectivity index (χ0) is 16.5. The van der Waals surface area contributed by atoms with Crippen molar-refractivity contribution in [3.05, 3.63) is 47.6 Å². The van der Waals surface area contributed by atoms with Crippen molar-refractivity contribution < 1.29 is 14.1 Å². The molecule has 2 aromatic rings. The van der Waals surface area contributed by atoms with Crippen LogP contribution >= 0.6 is 0 Å². The fourth-order valence-electron chi connectivity index (χ4n) is 1.97. The zero-order valence-electron chi connectivity index (χ0n) is 13.0. The van der Waals surface area contributed by atoms with Gasteiger partial charge in [-0.15, -0.1) is 0 Å². The standard InChI is InChI=1S/C16H20N4O3/c1-2-7-13-17-15(23-20-13)11-6-10-14(21)18-19-16(22)12-8-4-3-5-9-12/h3-5,8-9H,2,6-7,10-11H2,1H3,(H,18,21)(H,19,22). The Labute approximate surface area is 134 Å². The van der Waals surface area contributed by atoms with Gasteiger partial charge in [0.1, 0.15) is 0 Å². The number of hydrazine groups is 1. The summed E-state index contributed by atoms with van der Waals surface area (Å²) in [5.74, 6) is 0.624. The molecule has 122 valence electrons. The van der Waals surface area contributed by atoms with Gasteiger partial charge in [-0.05, 0) is 25.0 Å². The summed E-state index contributed by atoms with van der Waals surface area (Å²) < 4.78 is 5.09. The van der Waals surface area contributed by atoms with Gasteiger partial charge in [-0.2, -0.15) is 4.98 Å². The van der Waals surface area contributed by atoms with E-state index in [1.807, 2.05) is 13.0 Å². The number of nitrogens with zero attached hydrogens (tertiary/aromatic N) is 2. The fourth-order valence-corrected chi connectivity index (χ4v) is 1.97. The lowest BCUT2D eigenvalue weighted by molar-refractivity contribution is -0.121. The molecule has 0 spiro atoms. The molecule has 0 aliphatic carbocycles. The topological polar surface area (TPSA) is 97.1 Å². The highest BCUT2D eigenvalue weighted by atomic mass is 16.5. The third-order valence-corrected chi connectivity index (χ3v) is 3.13. The molecule has 0 saturated heterocycles. The van der Waals surface area contributed by atoms with Crippen LogP contribution in [0.4, 0.5) is 0 Å². The van der Waals surface area contributed by atoms with Gasteiger partial charge in [0.15, 0.2) is 5.82 Å². The van der Waals surface area contributed by atoms with E-state index in [1.54, 1.807) is 24.3 Å². The molecular formula is C16H20N4O3. The molecule has 23 heavy (non-hydrogen) atoms. The van der Waals surface area contributed by atoms with Crippen molar-refractivity contribution >= 4 is 11.8 Å². The highest BCUT2D eigenvalue weighted by Crippen LogP contribution is 2.04. The number of carbonyl (C=O) groups is 2. The number of carbonyl (C=O) groups excluding carboxylic acids is 2. The molecule has 1 aromatic heterocycles. The molecule has 0 saturated carbocycles. The third-order valence-electron chi connectivity index (χ3n) is 3.13. The predicted octanol–water partition coefficient (Wildman–Crippen LogP) is 1.81. The number of hydrogen-bond acceptors (Lipinski definition) is 5. The summed E-state index contributed by atoms with van der Waals surface area (Å²) in [6, 6.07) is 8.68. The highest BCUT2D eigenvalue weighted by Gasteiger charge is 2.09. The van der Waals surface area contributed by atoms with Crippen LogP contribution in [-0.4, -0.2) is 22.0 Å². The van der Waals surface area contributed by atoms with Gasteiger partial charge in [-0.1, -0.05) is 30.3 Å². The molecule has 2 N–H and O–H groups in total. The van der Waals surface area contributed by atoms with E-state index in [9.17, 15) is 9.59 Å². The van der Waals surface area contributed by atoms with E-state index in [2.05, 4.69) is 21.0 Å². The van der Waals surface area contributed by atoms with Crippen LogP contribution in [0.15, 0.2) is 34.9 Å². The van der Waals surface area contributed by atoms with Gasteiger partial charge in [0.25, 0.3) is 5.91 Å². The van der Waals surface area contributed by atoms with Crippen LogP contribution in [0.25, 0.3) is 0 Å². The van der Waals surface area contributed by atoms with E-state index in [1.165, 1.54) is 0 Å². The SMILES string of the molecule is CCCc1noc(CCCC(=O)NNC(=O)c2ccccc2)n1. The molecule has 1 heterocycles. The Morgan fingerprint density at radius 1 is 1.13 bits per heavy atom. The molecule has 0 fully saturated rings. The van der Waals surface area contributed by atoms with Gasteiger partial charge >= 0.3 is 0 Å². The first-order valence-corrected chi connectivity index (χ1v) is 7.64. The average molecular weight is 316 g/mol. The van der Waals surface area contributed by atoms with Gasteiger partial charge in [-0.25, -0.2) is 0 Å². The highest BCUT2D eigenvalue weighted by molar-refractivity contribution is 5.95. The minimum Gasteiger partial charge on any atom is -0.339 e. The summed E-state index contributed by atoms with van der Waals surface area (Å²) in [5.41, 5.74) is 5.25. The average Bonchev–Trinajstić information content (AvgIpc) is 3.01. The number of rotatable bonds is 7.